The van der Waals surface area contributed by atoms with Gasteiger partial charge < -0.3 is 5.32 Å². The molecule has 1 aromatic rings. The van der Waals surface area contributed by atoms with Crippen LogP contribution in [0.2, 0.25) is 5.02 Å². The maximum absolute atomic E-state index is 13.1. The highest BCUT2D eigenvalue weighted by atomic mass is 35.5. The highest BCUT2D eigenvalue weighted by Crippen LogP contribution is 2.20. The van der Waals surface area contributed by atoms with Gasteiger partial charge in [0.15, 0.2) is 0 Å². The first-order valence-corrected chi connectivity index (χ1v) is 5.96. The Hall–Kier alpha value is -0.600. The fraction of sp³-hybridized carbons (Fsp3) is 0.538. The van der Waals surface area contributed by atoms with Crippen LogP contribution in [0, 0.1) is 5.82 Å². The molecule has 0 bridgehead atoms. The minimum atomic E-state index is -0.331. The molecule has 0 spiro atoms. The van der Waals surface area contributed by atoms with Gasteiger partial charge in [0, 0.05) is 5.54 Å². The van der Waals surface area contributed by atoms with Gasteiger partial charge in [0.05, 0.1) is 5.02 Å². The van der Waals surface area contributed by atoms with Crippen molar-refractivity contribution in [2.45, 2.75) is 39.2 Å². The number of hydrogen-bond donors (Lipinski definition) is 1. The zero-order chi connectivity index (χ0) is 12.2. The Morgan fingerprint density at radius 1 is 1.31 bits per heavy atom. The molecule has 0 aliphatic heterocycles. The van der Waals surface area contributed by atoms with Gasteiger partial charge in [0.2, 0.25) is 0 Å². The minimum Gasteiger partial charge on any atom is -0.312 e. The molecule has 0 saturated heterocycles. The van der Waals surface area contributed by atoms with Crippen LogP contribution < -0.4 is 5.32 Å². The molecule has 0 heterocycles. The fourth-order valence-electron chi connectivity index (χ4n) is 1.48. The first kappa shape index (κ1) is 13.5. The maximum atomic E-state index is 13.1. The van der Waals surface area contributed by atoms with Crippen molar-refractivity contribution in [1.29, 1.82) is 0 Å². The normalized spacial score (nSPS) is 11.8. The van der Waals surface area contributed by atoms with Gasteiger partial charge in [-0.1, -0.05) is 23.7 Å². The summed E-state index contributed by atoms with van der Waals surface area (Å²) < 4.78 is 13.1. The van der Waals surface area contributed by atoms with Crippen LogP contribution in [0.25, 0.3) is 0 Å². The summed E-state index contributed by atoms with van der Waals surface area (Å²) in [5.74, 6) is -0.331. The molecule has 1 aromatic carbocycles. The van der Waals surface area contributed by atoms with Crippen LogP contribution >= 0.6 is 11.6 Å². The molecule has 0 aliphatic carbocycles. The molecule has 0 amide bonds. The number of aryl methyl sites for hydroxylation is 1. The Balaban J connectivity index is 2.41. The summed E-state index contributed by atoms with van der Waals surface area (Å²) in [4.78, 5) is 0. The molecule has 90 valence electrons. The van der Waals surface area contributed by atoms with Crippen LogP contribution in [-0.2, 0) is 6.42 Å². The molecule has 0 saturated carbocycles. The van der Waals surface area contributed by atoms with E-state index in [9.17, 15) is 4.39 Å². The van der Waals surface area contributed by atoms with E-state index >= 15 is 0 Å². The summed E-state index contributed by atoms with van der Waals surface area (Å²) in [6.45, 7) is 7.29. The third kappa shape index (κ3) is 4.50. The van der Waals surface area contributed by atoms with E-state index in [0.29, 0.717) is 0 Å². The molecule has 1 N–H and O–H groups in total. The van der Waals surface area contributed by atoms with Crippen molar-refractivity contribution in [3.63, 3.8) is 0 Å². The SMILES string of the molecule is CC(C)(C)NCCCc1cccc(F)c1Cl. The summed E-state index contributed by atoms with van der Waals surface area (Å²) in [6.07, 6.45) is 1.76. The molecule has 0 aromatic heterocycles. The quantitative estimate of drug-likeness (QED) is 0.794. The van der Waals surface area contributed by atoms with Crippen molar-refractivity contribution in [2.24, 2.45) is 0 Å². The van der Waals surface area contributed by atoms with E-state index in [1.165, 1.54) is 6.07 Å². The molecule has 1 nitrogen and oxygen atoms in total. The van der Waals surface area contributed by atoms with E-state index in [4.69, 9.17) is 11.6 Å². The van der Waals surface area contributed by atoms with Gasteiger partial charge in [0.1, 0.15) is 5.82 Å². The third-order valence-corrected chi connectivity index (χ3v) is 2.73. The molecular weight excluding hydrogens is 225 g/mol. The van der Waals surface area contributed by atoms with Crippen LogP contribution in [0.3, 0.4) is 0 Å². The summed E-state index contributed by atoms with van der Waals surface area (Å²) in [5.41, 5.74) is 1.02. The summed E-state index contributed by atoms with van der Waals surface area (Å²) in [5, 5.41) is 3.65. The van der Waals surface area contributed by atoms with Crippen molar-refractivity contribution >= 4 is 11.6 Å². The van der Waals surface area contributed by atoms with Gasteiger partial charge in [-0.05, 0) is 51.8 Å². The maximum Gasteiger partial charge on any atom is 0.142 e. The second-order valence-corrected chi connectivity index (χ2v) is 5.37. The van der Waals surface area contributed by atoms with Gasteiger partial charge in [0.25, 0.3) is 0 Å². The zero-order valence-electron chi connectivity index (χ0n) is 10.1. The van der Waals surface area contributed by atoms with Gasteiger partial charge in [-0.15, -0.1) is 0 Å². The van der Waals surface area contributed by atoms with Gasteiger partial charge in [-0.25, -0.2) is 4.39 Å². The lowest BCUT2D eigenvalue weighted by molar-refractivity contribution is 0.422. The lowest BCUT2D eigenvalue weighted by Gasteiger charge is -2.20. The highest BCUT2D eigenvalue weighted by molar-refractivity contribution is 6.31. The molecule has 0 radical (unpaired) electrons. The molecule has 1 rings (SSSR count). The third-order valence-electron chi connectivity index (χ3n) is 2.31. The zero-order valence-corrected chi connectivity index (χ0v) is 10.9. The van der Waals surface area contributed by atoms with E-state index in [1.807, 2.05) is 6.07 Å². The number of hydrogen-bond acceptors (Lipinski definition) is 1. The van der Waals surface area contributed by atoms with Crippen molar-refractivity contribution in [3.8, 4) is 0 Å². The van der Waals surface area contributed by atoms with Crippen LogP contribution in [0.4, 0.5) is 4.39 Å². The van der Waals surface area contributed by atoms with E-state index in [-0.39, 0.29) is 16.4 Å². The molecule has 0 unspecified atom stereocenters. The molecule has 16 heavy (non-hydrogen) atoms. The van der Waals surface area contributed by atoms with Crippen molar-refractivity contribution in [3.05, 3.63) is 34.6 Å². The number of nitrogens with one attached hydrogen (secondary N) is 1. The predicted octanol–water partition coefficient (Wildman–Crippen LogP) is 3.80. The Labute approximate surface area is 102 Å². The fourth-order valence-corrected chi connectivity index (χ4v) is 1.70. The second-order valence-electron chi connectivity index (χ2n) is 4.99. The van der Waals surface area contributed by atoms with E-state index in [0.717, 1.165) is 24.9 Å². The molecule has 0 aliphatic rings. The molecular formula is C13H19ClFN. The van der Waals surface area contributed by atoms with Gasteiger partial charge in [-0.2, -0.15) is 0 Å². The summed E-state index contributed by atoms with van der Waals surface area (Å²) in [7, 11) is 0. The second kappa shape index (κ2) is 5.65. The minimum absolute atomic E-state index is 0.131. The van der Waals surface area contributed by atoms with E-state index in [2.05, 4.69) is 26.1 Å². The topological polar surface area (TPSA) is 12.0 Å². The van der Waals surface area contributed by atoms with Crippen LogP contribution in [0.5, 0.6) is 0 Å². The Morgan fingerprint density at radius 2 is 2.00 bits per heavy atom. The predicted molar refractivity (Wildman–Crippen MR) is 67.5 cm³/mol. The average molecular weight is 244 g/mol. The van der Waals surface area contributed by atoms with Crippen LogP contribution in [0.1, 0.15) is 32.8 Å². The van der Waals surface area contributed by atoms with Crippen molar-refractivity contribution < 1.29 is 4.39 Å². The molecule has 0 fully saturated rings. The standard InChI is InChI=1S/C13H19ClFN/c1-13(2,3)16-9-5-7-10-6-4-8-11(15)12(10)14/h4,6,8,16H,5,7,9H2,1-3H3. The van der Waals surface area contributed by atoms with E-state index < -0.39 is 0 Å². The molecule has 0 atom stereocenters. The van der Waals surface area contributed by atoms with E-state index in [1.54, 1.807) is 6.07 Å². The van der Waals surface area contributed by atoms with Gasteiger partial charge in [-0.3, -0.25) is 0 Å². The largest absolute Gasteiger partial charge is 0.312 e. The summed E-state index contributed by atoms with van der Waals surface area (Å²) >= 11 is 5.87. The summed E-state index contributed by atoms with van der Waals surface area (Å²) in [6, 6.07) is 4.97. The smallest absolute Gasteiger partial charge is 0.142 e. The Bertz CT molecular complexity index is 344. The first-order chi connectivity index (χ1) is 7.40. The molecule has 3 heteroatoms. The Kier molecular flexibility index (Phi) is 4.75. The van der Waals surface area contributed by atoms with Crippen molar-refractivity contribution in [1.82, 2.24) is 5.32 Å². The lowest BCUT2D eigenvalue weighted by Crippen LogP contribution is -2.36. The van der Waals surface area contributed by atoms with Crippen molar-refractivity contribution in [2.75, 3.05) is 6.54 Å². The monoisotopic (exact) mass is 243 g/mol. The first-order valence-electron chi connectivity index (χ1n) is 5.58. The number of halogens is 2. The van der Waals surface area contributed by atoms with Crippen LogP contribution in [-0.4, -0.2) is 12.1 Å². The number of benzene rings is 1. The Morgan fingerprint density at radius 3 is 2.62 bits per heavy atom. The highest BCUT2D eigenvalue weighted by Gasteiger charge is 2.08. The number of rotatable bonds is 4. The van der Waals surface area contributed by atoms with Crippen LogP contribution in [0.15, 0.2) is 18.2 Å². The average Bonchev–Trinajstić information content (AvgIpc) is 2.17. The van der Waals surface area contributed by atoms with Gasteiger partial charge >= 0.3 is 0 Å². The lowest BCUT2D eigenvalue weighted by atomic mass is 10.1.